The van der Waals surface area contributed by atoms with Gasteiger partial charge >= 0.3 is 6.09 Å². The van der Waals surface area contributed by atoms with Gasteiger partial charge in [-0.25, -0.2) is 13.2 Å². The van der Waals surface area contributed by atoms with Crippen molar-refractivity contribution in [2.75, 3.05) is 33.4 Å². The highest BCUT2D eigenvalue weighted by atomic mass is 32.2. The van der Waals surface area contributed by atoms with Crippen molar-refractivity contribution in [2.24, 2.45) is 5.41 Å². The molecule has 0 spiro atoms. The predicted molar refractivity (Wildman–Crippen MR) is 159 cm³/mol. The van der Waals surface area contributed by atoms with Crippen LogP contribution in [0.5, 0.6) is 5.75 Å². The Labute approximate surface area is 249 Å². The lowest BCUT2D eigenvalue weighted by atomic mass is 9.86. The molecule has 10 nitrogen and oxygen atoms in total. The number of amides is 1. The van der Waals surface area contributed by atoms with E-state index in [1.165, 1.54) is 30.5 Å². The van der Waals surface area contributed by atoms with Gasteiger partial charge in [0.25, 0.3) is 0 Å². The maximum atomic E-state index is 14.0. The summed E-state index contributed by atoms with van der Waals surface area (Å²) in [6.07, 6.45) is 0.159. The predicted octanol–water partition coefficient (Wildman–Crippen LogP) is 3.96. The van der Waals surface area contributed by atoms with Gasteiger partial charge in [0.15, 0.2) is 0 Å². The van der Waals surface area contributed by atoms with Crippen molar-refractivity contribution < 1.29 is 37.3 Å². The summed E-state index contributed by atoms with van der Waals surface area (Å²) < 4.78 is 45.1. The topological polar surface area (TPSA) is 131 Å². The van der Waals surface area contributed by atoms with Crippen LogP contribution in [-0.2, 0) is 30.7 Å². The molecule has 0 unspecified atom stereocenters. The Morgan fingerprint density at radius 2 is 1.83 bits per heavy atom. The number of carbonyl (C=O) groups excluding carboxylic acids is 2. The molecule has 2 aromatic rings. The number of ether oxygens (including phenoxy) is 3. The third-order valence-corrected chi connectivity index (χ3v) is 9.13. The molecule has 232 valence electrons. The first-order valence-electron chi connectivity index (χ1n) is 14.3. The number of sulfonamides is 1. The quantitative estimate of drug-likeness (QED) is 0.294. The molecule has 42 heavy (non-hydrogen) atoms. The van der Waals surface area contributed by atoms with Gasteiger partial charge in [-0.3, -0.25) is 0 Å². The average Bonchev–Trinajstić information content (AvgIpc) is 3.45. The minimum Gasteiger partial charge on any atom is -0.497 e. The minimum absolute atomic E-state index is 0.0586. The molecule has 0 aliphatic carbocycles. The third kappa shape index (κ3) is 10.4. The average molecular weight is 605 g/mol. The van der Waals surface area contributed by atoms with Crippen LogP contribution >= 0.6 is 0 Å². The first-order chi connectivity index (χ1) is 19.9. The Hall–Kier alpha value is -2.99. The summed E-state index contributed by atoms with van der Waals surface area (Å²) in [5.41, 5.74) is 0.360. The number of alkyl carbamates (subject to hydrolysis) is 1. The number of benzene rings is 2. The number of aliphatic hydroxyl groups excluding tert-OH is 1. The summed E-state index contributed by atoms with van der Waals surface area (Å²) >= 11 is 0. The third-order valence-electron chi connectivity index (χ3n) is 7.30. The van der Waals surface area contributed by atoms with Crippen LogP contribution in [0.25, 0.3) is 0 Å². The number of methoxy groups -OCH3 is 1. The Bertz CT molecular complexity index is 1250. The molecule has 1 aliphatic rings. The number of aliphatic hydroxyl groups is 1. The van der Waals surface area contributed by atoms with Crippen LogP contribution in [0.1, 0.15) is 52.0 Å². The fourth-order valence-electron chi connectivity index (χ4n) is 4.95. The highest BCUT2D eigenvalue weighted by Crippen LogP contribution is 2.29. The molecule has 2 N–H and O–H groups in total. The number of carbonyl (C=O) groups is 2. The first-order valence-corrected chi connectivity index (χ1v) is 15.7. The van der Waals surface area contributed by atoms with E-state index in [4.69, 9.17) is 14.2 Å². The Morgan fingerprint density at radius 1 is 1.14 bits per heavy atom. The molecule has 1 heterocycles. The summed E-state index contributed by atoms with van der Waals surface area (Å²) in [7, 11) is -2.56. The molecule has 0 aromatic heterocycles. The van der Waals surface area contributed by atoms with Crippen LogP contribution in [0.4, 0.5) is 4.79 Å². The lowest BCUT2D eigenvalue weighted by Crippen LogP contribution is -2.52. The summed E-state index contributed by atoms with van der Waals surface area (Å²) in [4.78, 5) is 24.4. The lowest BCUT2D eigenvalue weighted by molar-refractivity contribution is -0.117. The lowest BCUT2D eigenvalue weighted by Gasteiger charge is -2.35. The van der Waals surface area contributed by atoms with E-state index < -0.39 is 33.7 Å². The largest absolute Gasteiger partial charge is 0.497 e. The molecule has 1 saturated heterocycles. The van der Waals surface area contributed by atoms with Gasteiger partial charge in [0.1, 0.15) is 17.6 Å². The van der Waals surface area contributed by atoms with Gasteiger partial charge in [0.05, 0.1) is 37.4 Å². The van der Waals surface area contributed by atoms with E-state index in [0.29, 0.717) is 44.6 Å². The molecule has 2 aromatic carbocycles. The second-order valence-corrected chi connectivity index (χ2v) is 13.5. The molecule has 3 atom stereocenters. The number of hydrogen-bond donors (Lipinski definition) is 2. The molecule has 3 rings (SSSR count). The van der Waals surface area contributed by atoms with Crippen LogP contribution in [0.3, 0.4) is 0 Å². The minimum atomic E-state index is -4.06. The van der Waals surface area contributed by atoms with Gasteiger partial charge in [0, 0.05) is 25.9 Å². The molecule has 0 saturated carbocycles. The van der Waals surface area contributed by atoms with E-state index >= 15 is 0 Å². The van der Waals surface area contributed by atoms with E-state index in [2.05, 4.69) is 5.32 Å². The summed E-state index contributed by atoms with van der Waals surface area (Å²) in [5.74, 6) is 0.596. The zero-order chi connectivity index (χ0) is 30.8. The molecule has 11 heteroatoms. The number of nitrogens with one attached hydrogen (secondary N) is 1. The van der Waals surface area contributed by atoms with Crippen molar-refractivity contribution in [3.8, 4) is 5.75 Å². The van der Waals surface area contributed by atoms with Gasteiger partial charge < -0.3 is 29.4 Å². The Morgan fingerprint density at radius 3 is 2.43 bits per heavy atom. The SMILES string of the molecule is COc1ccc(S(=O)(=O)N(C[C@@H](O)[C@H](Cc2ccccc2)NC(=O)O[C@H]2CCOC2)CC(C)(C)CCCC(C)=O)cc1. The van der Waals surface area contributed by atoms with Crippen LogP contribution in [0, 0.1) is 5.41 Å². The van der Waals surface area contributed by atoms with E-state index in [9.17, 15) is 23.1 Å². The second kappa shape index (κ2) is 15.5. The van der Waals surface area contributed by atoms with Crippen molar-refractivity contribution in [3.05, 3.63) is 60.2 Å². The highest BCUT2D eigenvalue weighted by Gasteiger charge is 2.35. The number of hydrogen-bond acceptors (Lipinski definition) is 8. The summed E-state index contributed by atoms with van der Waals surface area (Å²) in [6.45, 7) is 6.06. The molecule has 0 bridgehead atoms. The smallest absolute Gasteiger partial charge is 0.407 e. The molecular weight excluding hydrogens is 560 g/mol. The fraction of sp³-hybridized carbons (Fsp3) is 0.548. The number of rotatable bonds is 16. The van der Waals surface area contributed by atoms with E-state index in [0.717, 1.165) is 5.56 Å². The van der Waals surface area contributed by atoms with Crippen LogP contribution in [-0.4, -0.2) is 81.4 Å². The van der Waals surface area contributed by atoms with Crippen molar-refractivity contribution in [1.29, 1.82) is 0 Å². The zero-order valence-corrected chi connectivity index (χ0v) is 25.8. The van der Waals surface area contributed by atoms with Crippen LogP contribution < -0.4 is 10.1 Å². The van der Waals surface area contributed by atoms with Crippen molar-refractivity contribution in [3.63, 3.8) is 0 Å². The molecule has 1 fully saturated rings. The Balaban J connectivity index is 1.87. The van der Waals surface area contributed by atoms with Gasteiger partial charge in [-0.05, 0) is 61.4 Å². The van der Waals surface area contributed by atoms with Gasteiger partial charge in [-0.1, -0.05) is 44.2 Å². The molecule has 0 radical (unpaired) electrons. The van der Waals surface area contributed by atoms with Crippen LogP contribution in [0.15, 0.2) is 59.5 Å². The monoisotopic (exact) mass is 604 g/mol. The standard InChI is InChI=1S/C31H44N2O8S/c1-23(34)9-8-17-31(2,3)22-33(42(37,38)27-14-12-25(39-4)13-15-27)20-29(35)28(19-24-10-6-5-7-11-24)32-30(36)41-26-16-18-40-21-26/h5-7,10-15,26,28-29,35H,8-9,16-22H2,1-4H3,(H,32,36)/t26-,28-,29+/m0/s1. The van der Waals surface area contributed by atoms with Gasteiger partial charge in [0.2, 0.25) is 10.0 Å². The number of nitrogens with zero attached hydrogens (tertiary/aromatic N) is 1. The number of Topliss-reactive ketones (excluding diaryl/α,β-unsaturated/α-hetero) is 1. The first kappa shape index (κ1) is 33.5. The van der Waals surface area contributed by atoms with E-state index in [1.54, 1.807) is 12.1 Å². The van der Waals surface area contributed by atoms with Crippen LogP contribution in [0.2, 0.25) is 0 Å². The van der Waals surface area contributed by atoms with Crippen molar-refractivity contribution >= 4 is 21.9 Å². The molecular formula is C31H44N2O8S. The van der Waals surface area contributed by atoms with Gasteiger partial charge in [-0.15, -0.1) is 0 Å². The summed E-state index contributed by atoms with van der Waals surface area (Å²) in [5, 5.41) is 14.3. The zero-order valence-electron chi connectivity index (χ0n) is 25.0. The maximum absolute atomic E-state index is 14.0. The Kier molecular flexibility index (Phi) is 12.3. The normalized spacial score (nSPS) is 17.0. The fourth-order valence-corrected chi connectivity index (χ4v) is 6.59. The summed E-state index contributed by atoms with van der Waals surface area (Å²) in [6, 6.07) is 14.6. The highest BCUT2D eigenvalue weighted by molar-refractivity contribution is 7.89. The van der Waals surface area contributed by atoms with E-state index in [1.807, 2.05) is 44.2 Å². The maximum Gasteiger partial charge on any atom is 0.407 e. The number of ketones is 1. The van der Waals surface area contributed by atoms with E-state index in [-0.39, 0.29) is 36.3 Å². The molecule has 1 amide bonds. The van der Waals surface area contributed by atoms with Gasteiger partial charge in [-0.2, -0.15) is 4.31 Å². The molecule has 1 aliphatic heterocycles. The van der Waals surface area contributed by atoms with Crippen molar-refractivity contribution in [1.82, 2.24) is 9.62 Å². The second-order valence-electron chi connectivity index (χ2n) is 11.6. The van der Waals surface area contributed by atoms with Crippen molar-refractivity contribution in [2.45, 2.75) is 76.0 Å².